The molecular formula is C12H11NO. The summed E-state index contributed by atoms with van der Waals surface area (Å²) >= 11 is 0. The fraction of sp³-hybridized carbons (Fsp3) is 0.0833. The summed E-state index contributed by atoms with van der Waals surface area (Å²) in [4.78, 5) is 11.8. The molecule has 0 atom stereocenters. The van der Waals surface area contributed by atoms with Crippen molar-refractivity contribution in [2.45, 2.75) is 6.92 Å². The van der Waals surface area contributed by atoms with Gasteiger partial charge in [-0.2, -0.15) is 0 Å². The van der Waals surface area contributed by atoms with E-state index in [1.165, 1.54) is 0 Å². The molecule has 0 unspecified atom stereocenters. The molecule has 2 nitrogen and oxygen atoms in total. The lowest BCUT2D eigenvalue weighted by Gasteiger charge is -2.00. The number of hydrogen-bond donors (Lipinski definition) is 0. The topological polar surface area (TPSA) is 22.0 Å². The predicted molar refractivity (Wildman–Crippen MR) is 59.2 cm³/mol. The van der Waals surface area contributed by atoms with Gasteiger partial charge >= 0.3 is 0 Å². The van der Waals surface area contributed by atoms with Crippen LogP contribution < -0.4 is 5.56 Å². The number of rotatable bonds is 1. The molecule has 0 fully saturated rings. The summed E-state index contributed by atoms with van der Waals surface area (Å²) in [6.45, 7) is 1.89. The molecule has 1 aromatic carbocycles. The van der Waals surface area contributed by atoms with Gasteiger partial charge in [0.2, 0.25) is 0 Å². The van der Waals surface area contributed by atoms with Gasteiger partial charge < -0.3 is 0 Å². The van der Waals surface area contributed by atoms with E-state index in [1.807, 2.05) is 43.3 Å². The molecule has 2 heteroatoms. The van der Waals surface area contributed by atoms with E-state index in [-0.39, 0.29) is 5.56 Å². The maximum absolute atomic E-state index is 11.8. The van der Waals surface area contributed by atoms with Crippen LogP contribution in [0.2, 0.25) is 0 Å². The van der Waals surface area contributed by atoms with Crippen molar-refractivity contribution in [3.05, 3.63) is 53.0 Å². The molecule has 1 heterocycles. The molecule has 14 heavy (non-hydrogen) atoms. The maximum Gasteiger partial charge on any atom is 0.262 e. The summed E-state index contributed by atoms with van der Waals surface area (Å²) in [5, 5.41) is 1.74. The highest BCUT2D eigenvalue weighted by Gasteiger charge is 1.98. The minimum absolute atomic E-state index is 0.0289. The Morgan fingerprint density at radius 2 is 2.00 bits per heavy atom. The zero-order valence-electron chi connectivity index (χ0n) is 7.97. The van der Waals surface area contributed by atoms with Gasteiger partial charge in [-0.05, 0) is 24.4 Å². The van der Waals surface area contributed by atoms with Gasteiger partial charge in [0.1, 0.15) is 0 Å². The lowest BCUT2D eigenvalue weighted by molar-refractivity contribution is 1.08. The van der Waals surface area contributed by atoms with Gasteiger partial charge in [-0.3, -0.25) is 9.36 Å². The van der Waals surface area contributed by atoms with Crippen molar-refractivity contribution in [1.29, 1.82) is 0 Å². The highest BCUT2D eigenvalue weighted by atomic mass is 16.1. The minimum Gasteiger partial charge on any atom is -0.291 e. The number of hydrogen-bond acceptors (Lipinski definition) is 1. The van der Waals surface area contributed by atoms with Crippen LogP contribution in [0.25, 0.3) is 17.0 Å². The average Bonchev–Trinajstić information content (AvgIpc) is 2.23. The highest BCUT2D eigenvalue weighted by Crippen LogP contribution is 2.07. The zero-order chi connectivity index (χ0) is 9.97. The number of allylic oxidation sites excluding steroid dienone is 1. The summed E-state index contributed by atoms with van der Waals surface area (Å²) < 4.78 is 1.59. The lowest BCUT2D eigenvalue weighted by atomic mass is 10.2. The number of benzene rings is 1. The summed E-state index contributed by atoms with van der Waals surface area (Å²) in [5.41, 5.74) is 0.0289. The van der Waals surface area contributed by atoms with E-state index < -0.39 is 0 Å². The fourth-order valence-corrected chi connectivity index (χ4v) is 1.48. The molecule has 0 saturated carbocycles. The molecule has 2 aromatic rings. The molecule has 0 bridgehead atoms. The number of aromatic nitrogens is 1. The quantitative estimate of drug-likeness (QED) is 0.669. The lowest BCUT2D eigenvalue weighted by Crippen LogP contribution is -2.14. The average molecular weight is 185 g/mol. The van der Waals surface area contributed by atoms with E-state index in [0.717, 1.165) is 10.8 Å². The van der Waals surface area contributed by atoms with E-state index in [2.05, 4.69) is 0 Å². The first kappa shape index (κ1) is 8.75. The summed E-state index contributed by atoms with van der Waals surface area (Å²) in [6, 6.07) is 9.54. The van der Waals surface area contributed by atoms with Crippen molar-refractivity contribution in [3.63, 3.8) is 0 Å². The predicted octanol–water partition coefficient (Wildman–Crippen LogP) is 2.49. The SMILES string of the molecule is C/C=C/n1ccc2ccccc2c1=O. The monoisotopic (exact) mass is 185 g/mol. The Labute approximate surface area is 82.1 Å². The number of nitrogens with zero attached hydrogens (tertiary/aromatic N) is 1. The van der Waals surface area contributed by atoms with Crippen LogP contribution in [0.4, 0.5) is 0 Å². The van der Waals surface area contributed by atoms with Crippen molar-refractivity contribution < 1.29 is 0 Å². The van der Waals surface area contributed by atoms with Crippen LogP contribution in [0.3, 0.4) is 0 Å². The summed E-state index contributed by atoms with van der Waals surface area (Å²) in [6.07, 6.45) is 5.38. The van der Waals surface area contributed by atoms with Crippen LogP contribution in [-0.2, 0) is 0 Å². The molecule has 0 amide bonds. The van der Waals surface area contributed by atoms with E-state index in [0.29, 0.717) is 0 Å². The first-order chi connectivity index (χ1) is 6.83. The third kappa shape index (κ3) is 1.35. The Kier molecular flexibility index (Phi) is 2.19. The number of pyridine rings is 1. The molecule has 0 aliphatic carbocycles. The van der Waals surface area contributed by atoms with E-state index in [9.17, 15) is 4.79 Å². The van der Waals surface area contributed by atoms with Crippen LogP contribution in [-0.4, -0.2) is 4.57 Å². The number of fused-ring (bicyclic) bond motifs is 1. The molecule has 70 valence electrons. The molecule has 0 saturated heterocycles. The second-order valence-electron chi connectivity index (χ2n) is 3.10. The maximum atomic E-state index is 11.8. The normalized spacial score (nSPS) is 11.2. The minimum atomic E-state index is 0.0289. The molecule has 0 aliphatic heterocycles. The molecule has 0 spiro atoms. The second-order valence-corrected chi connectivity index (χ2v) is 3.10. The van der Waals surface area contributed by atoms with Crippen molar-refractivity contribution in [2.75, 3.05) is 0 Å². The van der Waals surface area contributed by atoms with Crippen LogP contribution in [0, 0.1) is 0 Å². The van der Waals surface area contributed by atoms with Gasteiger partial charge in [0, 0.05) is 17.8 Å². The zero-order valence-corrected chi connectivity index (χ0v) is 7.97. The van der Waals surface area contributed by atoms with E-state index >= 15 is 0 Å². The Balaban J connectivity index is 2.82. The van der Waals surface area contributed by atoms with Crippen LogP contribution >= 0.6 is 0 Å². The molecule has 2 rings (SSSR count). The molecular weight excluding hydrogens is 174 g/mol. The van der Waals surface area contributed by atoms with Crippen LogP contribution in [0.1, 0.15) is 6.92 Å². The smallest absolute Gasteiger partial charge is 0.262 e. The molecule has 0 aliphatic rings. The molecule has 0 N–H and O–H groups in total. The largest absolute Gasteiger partial charge is 0.291 e. The van der Waals surface area contributed by atoms with Gasteiger partial charge in [0.15, 0.2) is 0 Å². The van der Waals surface area contributed by atoms with Crippen molar-refractivity contribution in [2.24, 2.45) is 0 Å². The molecule has 1 aromatic heterocycles. The summed E-state index contributed by atoms with van der Waals surface area (Å²) in [7, 11) is 0. The Hall–Kier alpha value is -1.83. The van der Waals surface area contributed by atoms with Gasteiger partial charge in [-0.25, -0.2) is 0 Å². The second kappa shape index (κ2) is 3.50. The van der Waals surface area contributed by atoms with Gasteiger partial charge in [-0.15, -0.1) is 0 Å². The van der Waals surface area contributed by atoms with E-state index in [1.54, 1.807) is 17.0 Å². The first-order valence-electron chi connectivity index (χ1n) is 4.55. The standard InChI is InChI=1S/C12H11NO/c1-2-8-13-9-7-10-5-3-4-6-11(10)12(13)14/h2-9H,1H3/b8-2+. The Morgan fingerprint density at radius 3 is 2.79 bits per heavy atom. The van der Waals surface area contributed by atoms with Gasteiger partial charge in [0.05, 0.1) is 0 Å². The Morgan fingerprint density at radius 1 is 1.21 bits per heavy atom. The fourth-order valence-electron chi connectivity index (χ4n) is 1.48. The summed E-state index contributed by atoms with van der Waals surface area (Å²) in [5.74, 6) is 0. The van der Waals surface area contributed by atoms with Crippen molar-refractivity contribution in [1.82, 2.24) is 4.57 Å². The van der Waals surface area contributed by atoms with Gasteiger partial charge in [-0.1, -0.05) is 24.3 Å². The third-order valence-electron chi connectivity index (χ3n) is 2.15. The van der Waals surface area contributed by atoms with Crippen LogP contribution in [0.5, 0.6) is 0 Å². The highest BCUT2D eigenvalue weighted by molar-refractivity contribution is 5.81. The Bertz CT molecular complexity index is 537. The van der Waals surface area contributed by atoms with Crippen molar-refractivity contribution >= 4 is 17.0 Å². The van der Waals surface area contributed by atoms with Crippen LogP contribution in [0.15, 0.2) is 47.4 Å². The van der Waals surface area contributed by atoms with Gasteiger partial charge in [0.25, 0.3) is 5.56 Å². The van der Waals surface area contributed by atoms with Crippen molar-refractivity contribution in [3.8, 4) is 0 Å². The molecule has 0 radical (unpaired) electrons. The first-order valence-corrected chi connectivity index (χ1v) is 4.55. The third-order valence-corrected chi connectivity index (χ3v) is 2.15. The van der Waals surface area contributed by atoms with E-state index in [4.69, 9.17) is 0 Å².